The topological polar surface area (TPSA) is 47.3 Å². The molecule has 3 heteroatoms. The molecule has 19 heavy (non-hydrogen) atoms. The van der Waals surface area contributed by atoms with Gasteiger partial charge in [0.05, 0.1) is 6.61 Å². The molecule has 0 spiro atoms. The van der Waals surface area contributed by atoms with Crippen LogP contribution in [-0.2, 0) is 6.54 Å². The Morgan fingerprint density at radius 1 is 1.16 bits per heavy atom. The van der Waals surface area contributed by atoms with Crippen LogP contribution < -0.4 is 15.8 Å². The van der Waals surface area contributed by atoms with Crippen molar-refractivity contribution in [3.05, 3.63) is 29.8 Å². The Hall–Kier alpha value is -1.06. The van der Waals surface area contributed by atoms with Gasteiger partial charge < -0.3 is 15.8 Å². The number of hydrogen-bond acceptors (Lipinski definition) is 3. The van der Waals surface area contributed by atoms with Gasteiger partial charge in [0.25, 0.3) is 0 Å². The van der Waals surface area contributed by atoms with Gasteiger partial charge in [0.15, 0.2) is 0 Å². The first-order chi connectivity index (χ1) is 9.28. The first-order valence-electron chi connectivity index (χ1n) is 7.48. The van der Waals surface area contributed by atoms with Crippen LogP contribution >= 0.6 is 0 Å². The van der Waals surface area contributed by atoms with Gasteiger partial charge >= 0.3 is 0 Å². The monoisotopic (exact) mass is 262 g/mol. The molecule has 106 valence electrons. The average Bonchev–Trinajstić information content (AvgIpc) is 2.46. The Morgan fingerprint density at radius 2 is 1.84 bits per heavy atom. The van der Waals surface area contributed by atoms with Crippen LogP contribution in [0.2, 0.25) is 0 Å². The van der Waals surface area contributed by atoms with E-state index in [1.165, 1.54) is 18.4 Å². The summed E-state index contributed by atoms with van der Waals surface area (Å²) in [6.07, 6.45) is 5.77. The van der Waals surface area contributed by atoms with Gasteiger partial charge in [-0.25, -0.2) is 0 Å². The van der Waals surface area contributed by atoms with Crippen molar-refractivity contribution < 1.29 is 4.74 Å². The average molecular weight is 262 g/mol. The number of hydrogen-bond donors (Lipinski definition) is 2. The third-order valence-electron chi connectivity index (χ3n) is 3.76. The molecule has 1 aliphatic rings. The van der Waals surface area contributed by atoms with Crippen molar-refractivity contribution in [2.75, 3.05) is 6.61 Å². The zero-order valence-corrected chi connectivity index (χ0v) is 11.9. The van der Waals surface area contributed by atoms with Crippen molar-refractivity contribution in [3.63, 3.8) is 0 Å². The van der Waals surface area contributed by atoms with Crippen molar-refractivity contribution in [2.45, 2.75) is 57.7 Å². The fourth-order valence-electron chi connectivity index (χ4n) is 2.51. The molecule has 0 aromatic heterocycles. The van der Waals surface area contributed by atoms with Crippen LogP contribution in [0.3, 0.4) is 0 Å². The second-order valence-corrected chi connectivity index (χ2v) is 5.49. The molecular formula is C16H26N2O. The summed E-state index contributed by atoms with van der Waals surface area (Å²) in [5.41, 5.74) is 7.24. The van der Waals surface area contributed by atoms with Gasteiger partial charge in [-0.3, -0.25) is 0 Å². The molecule has 1 aromatic rings. The van der Waals surface area contributed by atoms with E-state index in [2.05, 4.69) is 36.5 Å². The summed E-state index contributed by atoms with van der Waals surface area (Å²) >= 11 is 0. The van der Waals surface area contributed by atoms with E-state index in [1.54, 1.807) is 0 Å². The predicted octanol–water partition coefficient (Wildman–Crippen LogP) is 2.83. The lowest BCUT2D eigenvalue weighted by molar-refractivity contribution is 0.317. The minimum Gasteiger partial charge on any atom is -0.494 e. The molecule has 1 fully saturated rings. The van der Waals surface area contributed by atoms with Gasteiger partial charge in [0.2, 0.25) is 0 Å². The van der Waals surface area contributed by atoms with Gasteiger partial charge in [0, 0.05) is 18.6 Å². The first kappa shape index (κ1) is 14.4. The third-order valence-corrected chi connectivity index (χ3v) is 3.76. The molecule has 0 saturated heterocycles. The second-order valence-electron chi connectivity index (χ2n) is 5.49. The van der Waals surface area contributed by atoms with E-state index in [0.717, 1.165) is 38.2 Å². The van der Waals surface area contributed by atoms with Crippen LogP contribution in [-0.4, -0.2) is 18.7 Å². The number of nitrogens with one attached hydrogen (secondary N) is 1. The fourth-order valence-corrected chi connectivity index (χ4v) is 2.51. The lowest BCUT2D eigenvalue weighted by atomic mass is 9.92. The second kappa shape index (κ2) is 7.51. The maximum atomic E-state index is 5.92. The molecule has 3 N–H and O–H groups in total. The van der Waals surface area contributed by atoms with E-state index < -0.39 is 0 Å². The summed E-state index contributed by atoms with van der Waals surface area (Å²) in [5, 5.41) is 3.62. The zero-order valence-electron chi connectivity index (χ0n) is 11.9. The molecule has 0 aliphatic heterocycles. The highest BCUT2D eigenvalue weighted by Crippen LogP contribution is 2.18. The highest BCUT2D eigenvalue weighted by Gasteiger charge is 2.17. The van der Waals surface area contributed by atoms with Crippen LogP contribution in [0.1, 0.15) is 44.6 Å². The molecule has 0 radical (unpaired) electrons. The number of rotatable bonds is 6. The Labute approximate surface area is 116 Å². The highest BCUT2D eigenvalue weighted by molar-refractivity contribution is 5.27. The number of benzene rings is 1. The molecule has 0 unspecified atom stereocenters. The standard InChI is InChI=1S/C16H26N2O/c1-2-11-19-16-9-3-13(4-10-16)12-18-15-7-5-14(17)6-8-15/h3-4,9-10,14-15,18H,2,5-8,11-12,17H2,1H3. The van der Waals surface area contributed by atoms with Gasteiger partial charge in [-0.1, -0.05) is 19.1 Å². The van der Waals surface area contributed by atoms with E-state index in [1.807, 2.05) is 0 Å². The van der Waals surface area contributed by atoms with Gasteiger partial charge in [-0.05, 0) is 49.8 Å². The maximum Gasteiger partial charge on any atom is 0.119 e. The zero-order chi connectivity index (χ0) is 13.5. The molecule has 1 saturated carbocycles. The van der Waals surface area contributed by atoms with E-state index in [-0.39, 0.29) is 0 Å². The lowest BCUT2D eigenvalue weighted by Crippen LogP contribution is -2.36. The van der Waals surface area contributed by atoms with Crippen LogP contribution in [0, 0.1) is 0 Å². The number of nitrogens with two attached hydrogens (primary N) is 1. The van der Waals surface area contributed by atoms with Crippen molar-refractivity contribution >= 4 is 0 Å². The van der Waals surface area contributed by atoms with Gasteiger partial charge in [0.1, 0.15) is 5.75 Å². The Balaban J connectivity index is 1.73. The van der Waals surface area contributed by atoms with Gasteiger partial charge in [-0.2, -0.15) is 0 Å². The Bertz CT molecular complexity index is 356. The molecule has 2 rings (SSSR count). The number of ether oxygens (including phenoxy) is 1. The van der Waals surface area contributed by atoms with Crippen LogP contribution in [0.4, 0.5) is 0 Å². The molecule has 0 heterocycles. The van der Waals surface area contributed by atoms with Gasteiger partial charge in [-0.15, -0.1) is 0 Å². The normalized spacial score (nSPS) is 23.3. The van der Waals surface area contributed by atoms with Crippen molar-refractivity contribution in [2.24, 2.45) is 5.73 Å². The lowest BCUT2D eigenvalue weighted by Gasteiger charge is -2.27. The third kappa shape index (κ3) is 4.84. The van der Waals surface area contributed by atoms with E-state index in [9.17, 15) is 0 Å². The Morgan fingerprint density at radius 3 is 2.47 bits per heavy atom. The van der Waals surface area contributed by atoms with E-state index in [4.69, 9.17) is 10.5 Å². The molecule has 3 nitrogen and oxygen atoms in total. The van der Waals surface area contributed by atoms with Crippen LogP contribution in [0.15, 0.2) is 24.3 Å². The molecule has 1 aliphatic carbocycles. The SMILES string of the molecule is CCCOc1ccc(CNC2CCC(N)CC2)cc1. The van der Waals surface area contributed by atoms with E-state index in [0.29, 0.717) is 12.1 Å². The van der Waals surface area contributed by atoms with Crippen LogP contribution in [0.25, 0.3) is 0 Å². The summed E-state index contributed by atoms with van der Waals surface area (Å²) in [6.45, 7) is 3.85. The quantitative estimate of drug-likeness (QED) is 0.828. The van der Waals surface area contributed by atoms with Crippen molar-refractivity contribution in [1.29, 1.82) is 0 Å². The summed E-state index contributed by atoms with van der Waals surface area (Å²) in [5.74, 6) is 0.967. The van der Waals surface area contributed by atoms with Crippen LogP contribution in [0.5, 0.6) is 5.75 Å². The highest BCUT2D eigenvalue weighted by atomic mass is 16.5. The van der Waals surface area contributed by atoms with E-state index >= 15 is 0 Å². The molecule has 0 amide bonds. The summed E-state index contributed by atoms with van der Waals surface area (Å²) in [4.78, 5) is 0. The molecule has 0 bridgehead atoms. The summed E-state index contributed by atoms with van der Waals surface area (Å²) in [7, 11) is 0. The van der Waals surface area contributed by atoms with Crippen molar-refractivity contribution in [1.82, 2.24) is 5.32 Å². The molecule has 0 atom stereocenters. The van der Waals surface area contributed by atoms with Crippen molar-refractivity contribution in [3.8, 4) is 5.75 Å². The minimum absolute atomic E-state index is 0.424. The largest absolute Gasteiger partial charge is 0.494 e. The summed E-state index contributed by atoms with van der Waals surface area (Å²) in [6, 6.07) is 9.47. The smallest absolute Gasteiger partial charge is 0.119 e. The minimum atomic E-state index is 0.424. The molecular weight excluding hydrogens is 236 g/mol. The summed E-state index contributed by atoms with van der Waals surface area (Å²) < 4.78 is 5.58. The predicted molar refractivity (Wildman–Crippen MR) is 79.3 cm³/mol. The fraction of sp³-hybridized carbons (Fsp3) is 0.625. The first-order valence-corrected chi connectivity index (χ1v) is 7.48. The maximum absolute atomic E-state index is 5.92. The Kier molecular flexibility index (Phi) is 5.67. The molecule has 1 aromatic carbocycles.